The Morgan fingerprint density at radius 2 is 1.30 bits per heavy atom. The van der Waals surface area contributed by atoms with Gasteiger partial charge in [-0.05, 0) is 61.6 Å². The molecule has 2 N–H and O–H groups in total. The Balaban J connectivity index is 2.31. The molecule has 0 fully saturated rings. The summed E-state index contributed by atoms with van der Waals surface area (Å²) in [6, 6.07) is 10.5. The third-order valence-corrected chi connectivity index (χ3v) is 6.39. The predicted octanol–water partition coefficient (Wildman–Crippen LogP) is 7.70. The van der Waals surface area contributed by atoms with Crippen LogP contribution >= 0.6 is 0 Å². The molecule has 33 heavy (non-hydrogen) atoms. The predicted molar refractivity (Wildman–Crippen MR) is 141 cm³/mol. The summed E-state index contributed by atoms with van der Waals surface area (Å²) in [4.78, 5) is 2.32. The van der Waals surface area contributed by atoms with Crippen molar-refractivity contribution in [2.45, 2.75) is 98.1 Å². The molecule has 0 aliphatic carbocycles. The smallest absolute Gasteiger partial charge is 0.123 e. The molecule has 0 aliphatic heterocycles. The number of phenolic OH excluding ortho intramolecular Hbond substituents is 2. The summed E-state index contributed by atoms with van der Waals surface area (Å²) in [6.45, 7) is 12.6. The molecule has 3 nitrogen and oxygen atoms in total. The highest BCUT2D eigenvalue weighted by Gasteiger charge is 2.16. The first kappa shape index (κ1) is 27.0. The van der Waals surface area contributed by atoms with E-state index in [1.165, 1.54) is 12.0 Å². The lowest BCUT2D eigenvalue weighted by molar-refractivity contribution is 0.254. The average molecular weight is 452 g/mol. The van der Waals surface area contributed by atoms with Gasteiger partial charge in [-0.3, -0.25) is 4.90 Å². The topological polar surface area (TPSA) is 43.7 Å². The van der Waals surface area contributed by atoms with Crippen LogP contribution in [0.2, 0.25) is 0 Å². The summed E-state index contributed by atoms with van der Waals surface area (Å²) in [5, 5.41) is 22.0. The summed E-state index contributed by atoms with van der Waals surface area (Å²) in [5.74, 6) is 0.882. The number of benzene rings is 2. The SMILES string of the molecule is C=CCCN(Cc1cccc(CCCC)c1O)Cc1cc(CCCC)cc(CCCC)c1O. The van der Waals surface area contributed by atoms with Crippen molar-refractivity contribution in [1.82, 2.24) is 4.90 Å². The minimum absolute atomic E-state index is 0.430. The summed E-state index contributed by atoms with van der Waals surface area (Å²) in [6.07, 6.45) is 12.4. The molecule has 3 heteroatoms. The van der Waals surface area contributed by atoms with Crippen molar-refractivity contribution in [2.24, 2.45) is 0 Å². The van der Waals surface area contributed by atoms with Gasteiger partial charge in [0.25, 0.3) is 0 Å². The zero-order valence-corrected chi connectivity index (χ0v) is 21.2. The number of aryl methyl sites for hydroxylation is 3. The number of aromatic hydroxyl groups is 2. The molecule has 0 atom stereocenters. The van der Waals surface area contributed by atoms with E-state index in [-0.39, 0.29) is 0 Å². The second-order valence-corrected chi connectivity index (χ2v) is 9.29. The van der Waals surface area contributed by atoms with Crippen molar-refractivity contribution in [3.05, 3.63) is 70.8 Å². The molecule has 0 saturated carbocycles. The molecule has 0 aliphatic rings. The number of rotatable bonds is 16. The minimum atomic E-state index is 0.430. The molecule has 2 aromatic rings. The molecule has 0 bridgehead atoms. The Bertz CT molecular complexity index is 859. The van der Waals surface area contributed by atoms with Gasteiger partial charge in [-0.2, -0.15) is 0 Å². The zero-order valence-electron chi connectivity index (χ0n) is 21.2. The van der Waals surface area contributed by atoms with Gasteiger partial charge in [0.1, 0.15) is 11.5 Å². The summed E-state index contributed by atoms with van der Waals surface area (Å²) in [7, 11) is 0. The first-order valence-electron chi connectivity index (χ1n) is 13.0. The van der Waals surface area contributed by atoms with E-state index in [1.54, 1.807) is 0 Å². The van der Waals surface area contributed by atoms with Crippen LogP contribution in [0.3, 0.4) is 0 Å². The molecule has 2 rings (SSSR count). The van der Waals surface area contributed by atoms with Crippen LogP contribution in [-0.2, 0) is 32.4 Å². The maximum atomic E-state index is 11.1. The fourth-order valence-corrected chi connectivity index (χ4v) is 4.35. The molecule has 0 amide bonds. The largest absolute Gasteiger partial charge is 0.507 e. The van der Waals surface area contributed by atoms with Crippen LogP contribution in [0.1, 0.15) is 93.5 Å². The lowest BCUT2D eigenvalue weighted by Gasteiger charge is -2.24. The standard InChI is InChI=1S/C30H45NO2/c1-5-9-14-24-20-26(16-11-7-3)30(33)28(21-24)23-31(19-12-8-4)22-27-18-13-17-25(29(27)32)15-10-6-2/h8,13,17-18,20-21,32-33H,4-7,9-12,14-16,19,22-23H2,1-3H3. The van der Waals surface area contributed by atoms with E-state index in [0.29, 0.717) is 24.6 Å². The van der Waals surface area contributed by atoms with Crippen molar-refractivity contribution in [3.63, 3.8) is 0 Å². The van der Waals surface area contributed by atoms with E-state index in [4.69, 9.17) is 0 Å². The second kappa shape index (κ2) is 14.8. The number of para-hydroxylation sites is 1. The molecule has 0 saturated heterocycles. The first-order valence-corrected chi connectivity index (χ1v) is 13.0. The number of hydrogen-bond acceptors (Lipinski definition) is 3. The molecule has 0 unspecified atom stereocenters. The Kier molecular flexibility index (Phi) is 12.1. The van der Waals surface area contributed by atoms with Gasteiger partial charge in [-0.1, -0.05) is 76.4 Å². The van der Waals surface area contributed by atoms with Crippen LogP contribution in [-0.4, -0.2) is 21.7 Å². The van der Waals surface area contributed by atoms with Gasteiger partial charge in [0.05, 0.1) is 0 Å². The second-order valence-electron chi connectivity index (χ2n) is 9.29. The highest BCUT2D eigenvalue weighted by atomic mass is 16.3. The normalized spacial score (nSPS) is 11.3. The van der Waals surface area contributed by atoms with Crippen molar-refractivity contribution < 1.29 is 10.2 Å². The van der Waals surface area contributed by atoms with E-state index >= 15 is 0 Å². The van der Waals surface area contributed by atoms with Gasteiger partial charge in [-0.25, -0.2) is 0 Å². The first-order chi connectivity index (χ1) is 16.0. The third kappa shape index (κ3) is 8.55. The van der Waals surface area contributed by atoms with Crippen molar-refractivity contribution in [1.29, 1.82) is 0 Å². The maximum absolute atomic E-state index is 11.1. The molecule has 0 aromatic heterocycles. The third-order valence-electron chi connectivity index (χ3n) is 6.39. The van der Waals surface area contributed by atoms with Crippen LogP contribution in [0.5, 0.6) is 11.5 Å². The monoisotopic (exact) mass is 451 g/mol. The minimum Gasteiger partial charge on any atom is -0.507 e. The van der Waals surface area contributed by atoms with E-state index in [2.05, 4.69) is 50.4 Å². The lowest BCUT2D eigenvalue weighted by Crippen LogP contribution is -2.24. The van der Waals surface area contributed by atoms with Crippen LogP contribution in [0.15, 0.2) is 43.0 Å². The summed E-state index contributed by atoms with van der Waals surface area (Å²) < 4.78 is 0. The number of hydrogen-bond donors (Lipinski definition) is 2. The fraction of sp³-hybridized carbons (Fsp3) is 0.533. The van der Waals surface area contributed by atoms with Crippen LogP contribution in [0.25, 0.3) is 0 Å². The Morgan fingerprint density at radius 3 is 1.97 bits per heavy atom. The molecule has 0 heterocycles. The van der Waals surface area contributed by atoms with E-state index in [0.717, 1.165) is 86.6 Å². The van der Waals surface area contributed by atoms with Gasteiger partial charge in [0, 0.05) is 30.8 Å². The van der Waals surface area contributed by atoms with E-state index in [1.807, 2.05) is 18.2 Å². The van der Waals surface area contributed by atoms with Crippen LogP contribution in [0.4, 0.5) is 0 Å². The maximum Gasteiger partial charge on any atom is 0.123 e. The number of nitrogens with zero attached hydrogens (tertiary/aromatic N) is 1. The molecular formula is C30H45NO2. The van der Waals surface area contributed by atoms with Gasteiger partial charge < -0.3 is 10.2 Å². The van der Waals surface area contributed by atoms with Crippen LogP contribution < -0.4 is 0 Å². The Morgan fingerprint density at radius 1 is 0.758 bits per heavy atom. The van der Waals surface area contributed by atoms with Gasteiger partial charge in [0.2, 0.25) is 0 Å². The quantitative estimate of drug-likeness (QED) is 0.257. The zero-order chi connectivity index (χ0) is 24.1. The van der Waals surface area contributed by atoms with E-state index < -0.39 is 0 Å². The van der Waals surface area contributed by atoms with Crippen molar-refractivity contribution >= 4 is 0 Å². The molecular weight excluding hydrogens is 406 g/mol. The number of phenols is 2. The molecule has 0 spiro atoms. The lowest BCUT2D eigenvalue weighted by atomic mass is 9.96. The van der Waals surface area contributed by atoms with Gasteiger partial charge >= 0.3 is 0 Å². The van der Waals surface area contributed by atoms with Crippen molar-refractivity contribution in [3.8, 4) is 11.5 Å². The highest BCUT2D eigenvalue weighted by molar-refractivity contribution is 5.44. The van der Waals surface area contributed by atoms with E-state index in [9.17, 15) is 10.2 Å². The summed E-state index contributed by atoms with van der Waals surface area (Å²) >= 11 is 0. The Hall–Kier alpha value is -2.26. The Labute approximate surface area is 202 Å². The molecule has 0 radical (unpaired) electrons. The van der Waals surface area contributed by atoms with Gasteiger partial charge in [0.15, 0.2) is 0 Å². The van der Waals surface area contributed by atoms with Crippen LogP contribution in [0, 0.1) is 0 Å². The van der Waals surface area contributed by atoms with Crippen molar-refractivity contribution in [2.75, 3.05) is 6.54 Å². The van der Waals surface area contributed by atoms with Gasteiger partial charge in [-0.15, -0.1) is 6.58 Å². The molecule has 182 valence electrons. The highest BCUT2D eigenvalue weighted by Crippen LogP contribution is 2.30. The fourth-order valence-electron chi connectivity index (χ4n) is 4.35. The average Bonchev–Trinajstić information content (AvgIpc) is 2.82. The summed E-state index contributed by atoms with van der Waals surface area (Å²) in [5.41, 5.74) is 5.39. The number of unbranched alkanes of at least 4 members (excludes halogenated alkanes) is 3. The molecule has 2 aromatic carbocycles.